The van der Waals surface area contributed by atoms with Crippen molar-refractivity contribution in [3.05, 3.63) is 35.0 Å². The van der Waals surface area contributed by atoms with E-state index in [-0.39, 0.29) is 0 Å². The Kier molecular flexibility index (Phi) is 1.55. The number of nitrogens with zero attached hydrogens (tertiary/aromatic N) is 1. The molecule has 2 aromatic rings. The summed E-state index contributed by atoms with van der Waals surface area (Å²) < 4.78 is 5.19. The third-order valence-electron chi connectivity index (χ3n) is 2.36. The SMILES string of the molecule is Clc1cccc2c1NCc1cnoc1-2. The number of benzene rings is 1. The third kappa shape index (κ3) is 0.960. The molecule has 14 heavy (non-hydrogen) atoms. The van der Waals surface area contributed by atoms with Crippen LogP contribution >= 0.6 is 11.6 Å². The zero-order chi connectivity index (χ0) is 9.54. The minimum absolute atomic E-state index is 0.713. The quantitative estimate of drug-likeness (QED) is 0.720. The van der Waals surface area contributed by atoms with Crippen LogP contribution < -0.4 is 5.32 Å². The Labute approximate surface area is 85.7 Å². The topological polar surface area (TPSA) is 38.1 Å². The molecule has 1 aromatic carbocycles. The van der Waals surface area contributed by atoms with Crippen LogP contribution in [0.25, 0.3) is 11.3 Å². The van der Waals surface area contributed by atoms with Gasteiger partial charge in [-0.05, 0) is 12.1 Å². The molecule has 70 valence electrons. The lowest BCUT2D eigenvalue weighted by atomic mass is 10.0. The van der Waals surface area contributed by atoms with Crippen molar-refractivity contribution in [2.45, 2.75) is 6.54 Å². The van der Waals surface area contributed by atoms with Crippen molar-refractivity contribution in [2.75, 3.05) is 5.32 Å². The lowest BCUT2D eigenvalue weighted by Crippen LogP contribution is -2.06. The molecule has 0 bridgehead atoms. The van der Waals surface area contributed by atoms with Crippen LogP contribution in [0, 0.1) is 0 Å². The molecule has 4 heteroatoms. The molecule has 1 N–H and O–H groups in total. The molecule has 3 nitrogen and oxygen atoms in total. The number of anilines is 1. The summed E-state index contributed by atoms with van der Waals surface area (Å²) in [4.78, 5) is 0. The first-order valence-electron chi connectivity index (χ1n) is 4.32. The van der Waals surface area contributed by atoms with E-state index in [0.29, 0.717) is 5.02 Å². The lowest BCUT2D eigenvalue weighted by Gasteiger charge is -2.17. The third-order valence-corrected chi connectivity index (χ3v) is 2.67. The first-order chi connectivity index (χ1) is 6.86. The van der Waals surface area contributed by atoms with Crippen molar-refractivity contribution in [1.82, 2.24) is 5.16 Å². The average molecular weight is 207 g/mol. The van der Waals surface area contributed by atoms with Crippen LogP contribution in [-0.4, -0.2) is 5.16 Å². The molecule has 0 spiro atoms. The Morgan fingerprint density at radius 2 is 2.36 bits per heavy atom. The summed E-state index contributed by atoms with van der Waals surface area (Å²) in [5, 5.41) is 7.73. The largest absolute Gasteiger partial charge is 0.379 e. The van der Waals surface area contributed by atoms with Gasteiger partial charge in [-0.2, -0.15) is 0 Å². The van der Waals surface area contributed by atoms with Gasteiger partial charge in [-0.1, -0.05) is 22.8 Å². The van der Waals surface area contributed by atoms with Crippen molar-refractivity contribution >= 4 is 17.3 Å². The van der Waals surface area contributed by atoms with Crippen molar-refractivity contribution < 1.29 is 4.52 Å². The molecule has 1 aliphatic rings. The molecule has 0 fully saturated rings. The fraction of sp³-hybridized carbons (Fsp3) is 0.100. The number of nitrogens with one attached hydrogen (secondary N) is 1. The molecule has 1 aliphatic heterocycles. The average Bonchev–Trinajstić information content (AvgIpc) is 2.66. The summed E-state index contributed by atoms with van der Waals surface area (Å²) >= 11 is 6.05. The van der Waals surface area contributed by atoms with E-state index in [1.54, 1.807) is 6.20 Å². The minimum atomic E-state index is 0.713. The highest BCUT2D eigenvalue weighted by Gasteiger charge is 2.20. The van der Waals surface area contributed by atoms with Crippen LogP contribution in [0.4, 0.5) is 5.69 Å². The number of halogens is 1. The Bertz CT molecular complexity index is 493. The fourth-order valence-electron chi connectivity index (χ4n) is 1.68. The second-order valence-corrected chi connectivity index (χ2v) is 3.60. The zero-order valence-electron chi connectivity index (χ0n) is 7.25. The van der Waals surface area contributed by atoms with E-state index in [2.05, 4.69) is 10.5 Å². The highest BCUT2D eigenvalue weighted by Crippen LogP contribution is 2.39. The molecule has 3 rings (SSSR count). The van der Waals surface area contributed by atoms with Crippen molar-refractivity contribution in [2.24, 2.45) is 0 Å². The maximum absolute atomic E-state index is 6.05. The van der Waals surface area contributed by atoms with Gasteiger partial charge < -0.3 is 9.84 Å². The molecule has 0 amide bonds. The van der Waals surface area contributed by atoms with Crippen LogP contribution in [0.15, 0.2) is 28.9 Å². The maximum Gasteiger partial charge on any atom is 0.173 e. The monoisotopic (exact) mass is 206 g/mol. The summed E-state index contributed by atoms with van der Waals surface area (Å²) in [6.07, 6.45) is 1.73. The molecular formula is C10H7ClN2O. The van der Waals surface area contributed by atoms with Crippen molar-refractivity contribution in [3.63, 3.8) is 0 Å². The van der Waals surface area contributed by atoms with E-state index in [1.165, 1.54) is 0 Å². The van der Waals surface area contributed by atoms with Gasteiger partial charge in [0.1, 0.15) is 0 Å². The van der Waals surface area contributed by atoms with Gasteiger partial charge in [-0.25, -0.2) is 0 Å². The molecule has 1 aromatic heterocycles. The molecule has 0 unspecified atom stereocenters. The van der Waals surface area contributed by atoms with Crippen LogP contribution in [0.1, 0.15) is 5.56 Å². The highest BCUT2D eigenvalue weighted by molar-refractivity contribution is 6.34. The summed E-state index contributed by atoms with van der Waals surface area (Å²) in [5.74, 6) is 0.821. The maximum atomic E-state index is 6.05. The van der Waals surface area contributed by atoms with E-state index in [1.807, 2.05) is 18.2 Å². The van der Waals surface area contributed by atoms with Gasteiger partial charge >= 0.3 is 0 Å². The predicted molar refractivity (Wildman–Crippen MR) is 54.3 cm³/mol. The first kappa shape index (κ1) is 7.88. The van der Waals surface area contributed by atoms with Gasteiger partial charge in [-0.3, -0.25) is 0 Å². The Morgan fingerprint density at radius 1 is 1.43 bits per heavy atom. The normalized spacial score (nSPS) is 12.9. The van der Waals surface area contributed by atoms with Gasteiger partial charge in [0.05, 0.1) is 16.9 Å². The van der Waals surface area contributed by atoms with Crippen LogP contribution in [-0.2, 0) is 6.54 Å². The van der Waals surface area contributed by atoms with Crippen LogP contribution in [0.3, 0.4) is 0 Å². The van der Waals surface area contributed by atoms with E-state index in [4.69, 9.17) is 16.1 Å². The number of para-hydroxylation sites is 1. The molecule has 2 heterocycles. The van der Waals surface area contributed by atoms with E-state index < -0.39 is 0 Å². The molecule has 0 saturated carbocycles. The number of fused-ring (bicyclic) bond motifs is 3. The second-order valence-electron chi connectivity index (χ2n) is 3.20. The van der Waals surface area contributed by atoms with Crippen LogP contribution in [0.5, 0.6) is 0 Å². The second kappa shape index (κ2) is 2.75. The zero-order valence-corrected chi connectivity index (χ0v) is 8.01. The summed E-state index contributed by atoms with van der Waals surface area (Å²) in [6, 6.07) is 5.73. The molecular weight excluding hydrogens is 200 g/mol. The summed E-state index contributed by atoms with van der Waals surface area (Å²) in [5.41, 5.74) is 2.98. The standard InChI is InChI=1S/C10H7ClN2O/c11-8-3-1-2-7-9(8)12-4-6-5-13-14-10(6)7/h1-3,5,12H,4H2. The fourth-order valence-corrected chi connectivity index (χ4v) is 1.93. The molecule has 0 saturated heterocycles. The van der Waals surface area contributed by atoms with Gasteiger partial charge in [0.15, 0.2) is 5.76 Å². The van der Waals surface area contributed by atoms with Crippen molar-refractivity contribution in [1.29, 1.82) is 0 Å². The van der Waals surface area contributed by atoms with Crippen molar-refractivity contribution in [3.8, 4) is 11.3 Å². The van der Waals surface area contributed by atoms with E-state index >= 15 is 0 Å². The smallest absolute Gasteiger partial charge is 0.173 e. The lowest BCUT2D eigenvalue weighted by molar-refractivity contribution is 0.431. The predicted octanol–water partition coefficient (Wildman–Crippen LogP) is 2.92. The van der Waals surface area contributed by atoms with Gasteiger partial charge in [0.25, 0.3) is 0 Å². The van der Waals surface area contributed by atoms with Crippen LogP contribution in [0.2, 0.25) is 5.02 Å². The Hall–Kier alpha value is -1.48. The minimum Gasteiger partial charge on any atom is -0.379 e. The molecule has 0 aliphatic carbocycles. The van der Waals surface area contributed by atoms with Gasteiger partial charge in [0, 0.05) is 17.7 Å². The van der Waals surface area contributed by atoms with E-state index in [9.17, 15) is 0 Å². The molecule has 0 radical (unpaired) electrons. The Balaban J connectivity index is 2.31. The number of rotatable bonds is 0. The first-order valence-corrected chi connectivity index (χ1v) is 4.70. The Morgan fingerprint density at radius 3 is 3.29 bits per heavy atom. The summed E-state index contributed by atoms with van der Waals surface area (Å²) in [7, 11) is 0. The van der Waals surface area contributed by atoms with Gasteiger partial charge in [-0.15, -0.1) is 0 Å². The number of aromatic nitrogens is 1. The van der Waals surface area contributed by atoms with E-state index in [0.717, 1.165) is 29.1 Å². The number of hydrogen-bond donors (Lipinski definition) is 1. The highest BCUT2D eigenvalue weighted by atomic mass is 35.5. The summed E-state index contributed by atoms with van der Waals surface area (Å²) in [6.45, 7) is 0.718. The number of hydrogen-bond acceptors (Lipinski definition) is 3. The molecule has 0 atom stereocenters. The van der Waals surface area contributed by atoms with Gasteiger partial charge in [0.2, 0.25) is 0 Å².